The summed E-state index contributed by atoms with van der Waals surface area (Å²) in [5.74, 6) is 3.15. The fourth-order valence-corrected chi connectivity index (χ4v) is 4.64. The number of rotatable bonds is 9. The van der Waals surface area contributed by atoms with Gasteiger partial charge in [0.05, 0.1) is 6.10 Å². The van der Waals surface area contributed by atoms with Crippen LogP contribution in [0.3, 0.4) is 0 Å². The van der Waals surface area contributed by atoms with Gasteiger partial charge in [-0.25, -0.2) is 0 Å². The lowest BCUT2D eigenvalue weighted by Gasteiger charge is -2.32. The highest BCUT2D eigenvalue weighted by molar-refractivity contribution is 4.77. The minimum absolute atomic E-state index is 0.588. The fraction of sp³-hybridized carbons (Fsp3) is 1.00. The molecule has 2 fully saturated rings. The number of ether oxygens (including phenoxy) is 1. The lowest BCUT2D eigenvalue weighted by molar-refractivity contribution is 0.0167. The van der Waals surface area contributed by atoms with Gasteiger partial charge < -0.3 is 4.74 Å². The third-order valence-corrected chi connectivity index (χ3v) is 6.27. The van der Waals surface area contributed by atoms with Gasteiger partial charge in [-0.15, -0.1) is 0 Å². The predicted molar refractivity (Wildman–Crippen MR) is 96.2 cm³/mol. The molecular weight excluding hydrogens is 268 g/mol. The van der Waals surface area contributed by atoms with E-state index in [4.69, 9.17) is 4.74 Å². The van der Waals surface area contributed by atoms with Gasteiger partial charge in [0.1, 0.15) is 0 Å². The highest BCUT2D eigenvalue weighted by atomic mass is 16.5. The molecule has 0 amide bonds. The lowest BCUT2D eigenvalue weighted by Crippen LogP contribution is -2.23. The van der Waals surface area contributed by atoms with Crippen LogP contribution in [-0.4, -0.2) is 12.7 Å². The second-order valence-electron chi connectivity index (χ2n) is 8.12. The van der Waals surface area contributed by atoms with Crippen LogP contribution in [0, 0.1) is 17.8 Å². The van der Waals surface area contributed by atoms with E-state index in [9.17, 15) is 0 Å². The summed E-state index contributed by atoms with van der Waals surface area (Å²) in [5, 5.41) is 0. The lowest BCUT2D eigenvalue weighted by atomic mass is 9.76. The predicted octanol–water partition coefficient (Wildman–Crippen LogP) is 6.75. The van der Waals surface area contributed by atoms with Gasteiger partial charge in [0.25, 0.3) is 0 Å². The molecule has 0 spiro atoms. The topological polar surface area (TPSA) is 9.23 Å². The SMILES string of the molecule is CCCCC1CCC(CCC2CCC(OCCC)CC2)CC1. The molecule has 0 bridgehead atoms. The summed E-state index contributed by atoms with van der Waals surface area (Å²) in [6.07, 6.45) is 20.8. The van der Waals surface area contributed by atoms with Crippen molar-refractivity contribution >= 4 is 0 Å². The Labute approximate surface area is 139 Å². The minimum Gasteiger partial charge on any atom is -0.378 e. The van der Waals surface area contributed by atoms with Gasteiger partial charge >= 0.3 is 0 Å². The van der Waals surface area contributed by atoms with E-state index in [2.05, 4.69) is 13.8 Å². The van der Waals surface area contributed by atoms with Crippen LogP contribution in [0.1, 0.15) is 104 Å². The van der Waals surface area contributed by atoms with Crippen molar-refractivity contribution in [2.45, 2.75) is 110 Å². The quantitative estimate of drug-likeness (QED) is 0.458. The molecule has 0 saturated heterocycles. The molecule has 1 nitrogen and oxygen atoms in total. The normalized spacial score (nSPS) is 33.0. The molecular formula is C21H40O. The monoisotopic (exact) mass is 308 g/mol. The summed E-state index contributed by atoms with van der Waals surface area (Å²) < 4.78 is 5.92. The molecule has 0 atom stereocenters. The van der Waals surface area contributed by atoms with E-state index >= 15 is 0 Å². The molecule has 22 heavy (non-hydrogen) atoms. The van der Waals surface area contributed by atoms with Crippen LogP contribution in [0.4, 0.5) is 0 Å². The average Bonchev–Trinajstić information content (AvgIpc) is 2.58. The first-order chi connectivity index (χ1) is 10.8. The van der Waals surface area contributed by atoms with E-state index in [0.717, 1.165) is 24.4 Å². The Kier molecular flexibility index (Phi) is 8.89. The highest BCUT2D eigenvalue weighted by Crippen LogP contribution is 2.37. The van der Waals surface area contributed by atoms with E-state index in [1.54, 1.807) is 0 Å². The summed E-state index contributed by atoms with van der Waals surface area (Å²) in [7, 11) is 0. The van der Waals surface area contributed by atoms with E-state index in [1.165, 1.54) is 89.9 Å². The largest absolute Gasteiger partial charge is 0.378 e. The van der Waals surface area contributed by atoms with Crippen molar-refractivity contribution in [2.75, 3.05) is 6.61 Å². The van der Waals surface area contributed by atoms with Gasteiger partial charge in [0.15, 0.2) is 0 Å². The van der Waals surface area contributed by atoms with E-state index in [0.29, 0.717) is 6.10 Å². The van der Waals surface area contributed by atoms with Crippen LogP contribution < -0.4 is 0 Å². The maximum absolute atomic E-state index is 5.92. The van der Waals surface area contributed by atoms with Crippen molar-refractivity contribution in [3.8, 4) is 0 Å². The Morgan fingerprint density at radius 3 is 1.64 bits per heavy atom. The van der Waals surface area contributed by atoms with Crippen LogP contribution in [0.25, 0.3) is 0 Å². The zero-order chi connectivity index (χ0) is 15.6. The van der Waals surface area contributed by atoms with E-state index in [-0.39, 0.29) is 0 Å². The number of unbranched alkanes of at least 4 members (excludes halogenated alkanes) is 1. The molecule has 2 aliphatic carbocycles. The van der Waals surface area contributed by atoms with Gasteiger partial charge in [-0.2, -0.15) is 0 Å². The maximum atomic E-state index is 5.92. The van der Waals surface area contributed by atoms with Crippen molar-refractivity contribution in [1.29, 1.82) is 0 Å². The van der Waals surface area contributed by atoms with Crippen LogP contribution >= 0.6 is 0 Å². The molecule has 0 aromatic rings. The standard InChI is InChI=1S/C21H40O/c1-3-5-6-18-7-9-19(10-8-18)11-12-20-13-15-21(16-14-20)22-17-4-2/h18-21H,3-17H2,1-2H3. The van der Waals surface area contributed by atoms with Crippen molar-refractivity contribution in [3.63, 3.8) is 0 Å². The molecule has 2 aliphatic rings. The summed E-state index contributed by atoms with van der Waals surface area (Å²) in [6.45, 7) is 5.51. The van der Waals surface area contributed by atoms with Gasteiger partial charge in [-0.1, -0.05) is 71.6 Å². The molecule has 0 aliphatic heterocycles. The van der Waals surface area contributed by atoms with Crippen LogP contribution in [0.2, 0.25) is 0 Å². The second kappa shape index (κ2) is 10.7. The summed E-state index contributed by atoms with van der Waals surface area (Å²) >= 11 is 0. The molecule has 0 N–H and O–H groups in total. The molecule has 0 radical (unpaired) electrons. The van der Waals surface area contributed by atoms with Crippen LogP contribution in [0.15, 0.2) is 0 Å². The van der Waals surface area contributed by atoms with Crippen molar-refractivity contribution in [1.82, 2.24) is 0 Å². The van der Waals surface area contributed by atoms with Crippen LogP contribution in [0.5, 0.6) is 0 Å². The molecule has 2 saturated carbocycles. The maximum Gasteiger partial charge on any atom is 0.0575 e. The van der Waals surface area contributed by atoms with Gasteiger partial charge in [0, 0.05) is 6.61 Å². The molecule has 1 heteroatoms. The zero-order valence-corrected chi connectivity index (χ0v) is 15.3. The second-order valence-corrected chi connectivity index (χ2v) is 8.12. The first-order valence-corrected chi connectivity index (χ1v) is 10.4. The third kappa shape index (κ3) is 6.60. The van der Waals surface area contributed by atoms with Crippen molar-refractivity contribution in [2.24, 2.45) is 17.8 Å². The highest BCUT2D eigenvalue weighted by Gasteiger charge is 2.24. The Bertz CT molecular complexity index is 231. The number of hydrogen-bond acceptors (Lipinski definition) is 1. The molecule has 2 rings (SSSR count). The molecule has 0 unspecified atom stereocenters. The zero-order valence-electron chi connectivity index (χ0n) is 15.3. The van der Waals surface area contributed by atoms with Crippen molar-refractivity contribution in [3.05, 3.63) is 0 Å². The molecule has 0 aromatic carbocycles. The molecule has 0 aromatic heterocycles. The first kappa shape index (κ1) is 18.3. The Morgan fingerprint density at radius 2 is 1.14 bits per heavy atom. The van der Waals surface area contributed by atoms with Gasteiger partial charge in [0.2, 0.25) is 0 Å². The summed E-state index contributed by atoms with van der Waals surface area (Å²) in [5.41, 5.74) is 0. The fourth-order valence-electron chi connectivity index (χ4n) is 4.64. The molecule has 130 valence electrons. The minimum atomic E-state index is 0.588. The Hall–Kier alpha value is -0.0400. The number of hydrogen-bond donors (Lipinski definition) is 0. The average molecular weight is 309 g/mol. The van der Waals surface area contributed by atoms with E-state index in [1.807, 2.05) is 0 Å². The smallest absolute Gasteiger partial charge is 0.0575 e. The van der Waals surface area contributed by atoms with E-state index < -0.39 is 0 Å². The van der Waals surface area contributed by atoms with Gasteiger partial charge in [-0.3, -0.25) is 0 Å². The third-order valence-electron chi connectivity index (χ3n) is 6.27. The first-order valence-electron chi connectivity index (χ1n) is 10.4. The van der Waals surface area contributed by atoms with Gasteiger partial charge in [-0.05, 0) is 49.9 Å². The van der Waals surface area contributed by atoms with Crippen molar-refractivity contribution < 1.29 is 4.74 Å². The summed E-state index contributed by atoms with van der Waals surface area (Å²) in [4.78, 5) is 0. The summed E-state index contributed by atoms with van der Waals surface area (Å²) in [6, 6.07) is 0. The Morgan fingerprint density at radius 1 is 0.636 bits per heavy atom. The van der Waals surface area contributed by atoms with Crippen LogP contribution in [-0.2, 0) is 4.74 Å². The Balaban J connectivity index is 1.52. The molecule has 0 heterocycles.